The third-order valence-electron chi connectivity index (χ3n) is 3.58. The number of nitrogens with one attached hydrogen (secondary N) is 2. The maximum atomic E-state index is 11.8. The average molecular weight is 272 g/mol. The molecule has 1 heterocycles. The molecule has 6 heteroatoms. The topological polar surface area (TPSA) is 78.4 Å². The minimum atomic E-state index is -0.739. The van der Waals surface area contributed by atoms with E-state index in [1.165, 1.54) is 0 Å². The van der Waals surface area contributed by atoms with Crippen LogP contribution in [0.25, 0.3) is 0 Å². The zero-order chi connectivity index (χ0) is 13.0. The summed E-state index contributed by atoms with van der Waals surface area (Å²) in [5, 5.41) is 15.2. The SMILES string of the molecule is O=C(CC1CSCCN1)NC1CCC(C(=O)O)C1. The first kappa shape index (κ1) is 13.7. The van der Waals surface area contributed by atoms with Crippen LogP contribution in [-0.4, -0.2) is 47.1 Å². The molecule has 5 nitrogen and oxygen atoms in total. The van der Waals surface area contributed by atoms with Crippen molar-refractivity contribution in [3.8, 4) is 0 Å². The Morgan fingerprint density at radius 1 is 1.39 bits per heavy atom. The summed E-state index contributed by atoms with van der Waals surface area (Å²) in [7, 11) is 0. The van der Waals surface area contributed by atoms with E-state index in [1.54, 1.807) is 0 Å². The number of hydrogen-bond acceptors (Lipinski definition) is 4. The molecule has 1 saturated carbocycles. The van der Waals surface area contributed by atoms with Crippen molar-refractivity contribution in [2.45, 2.75) is 37.8 Å². The molecule has 2 rings (SSSR count). The minimum absolute atomic E-state index is 0.0473. The van der Waals surface area contributed by atoms with E-state index in [1.807, 2.05) is 11.8 Å². The predicted molar refractivity (Wildman–Crippen MR) is 70.6 cm³/mol. The summed E-state index contributed by atoms with van der Waals surface area (Å²) in [6, 6.07) is 0.315. The third kappa shape index (κ3) is 3.88. The van der Waals surface area contributed by atoms with E-state index in [0.29, 0.717) is 19.3 Å². The van der Waals surface area contributed by atoms with Gasteiger partial charge in [-0.05, 0) is 19.3 Å². The van der Waals surface area contributed by atoms with Crippen molar-refractivity contribution in [1.82, 2.24) is 10.6 Å². The summed E-state index contributed by atoms with van der Waals surface area (Å²) in [5.41, 5.74) is 0. The summed E-state index contributed by atoms with van der Waals surface area (Å²) in [6.07, 6.45) is 2.54. The van der Waals surface area contributed by atoms with E-state index in [0.717, 1.165) is 24.5 Å². The van der Waals surface area contributed by atoms with Gasteiger partial charge in [-0.3, -0.25) is 9.59 Å². The van der Waals surface area contributed by atoms with Crippen molar-refractivity contribution < 1.29 is 14.7 Å². The quantitative estimate of drug-likeness (QED) is 0.692. The molecule has 0 aromatic rings. The molecule has 0 radical (unpaired) electrons. The number of carbonyl (C=O) groups is 2. The van der Waals surface area contributed by atoms with Gasteiger partial charge in [0.15, 0.2) is 0 Å². The molecule has 1 saturated heterocycles. The fourth-order valence-corrected chi connectivity index (χ4v) is 3.55. The van der Waals surface area contributed by atoms with Crippen LogP contribution in [0.5, 0.6) is 0 Å². The van der Waals surface area contributed by atoms with Crippen LogP contribution in [0.1, 0.15) is 25.7 Å². The second kappa shape index (κ2) is 6.43. The number of thioether (sulfide) groups is 1. The van der Waals surface area contributed by atoms with Gasteiger partial charge in [-0.15, -0.1) is 0 Å². The highest BCUT2D eigenvalue weighted by molar-refractivity contribution is 7.99. The number of amides is 1. The van der Waals surface area contributed by atoms with Crippen LogP contribution in [-0.2, 0) is 9.59 Å². The van der Waals surface area contributed by atoms with Crippen LogP contribution >= 0.6 is 11.8 Å². The Kier molecular flexibility index (Phi) is 4.88. The van der Waals surface area contributed by atoms with Crippen LogP contribution in [0.3, 0.4) is 0 Å². The number of rotatable bonds is 4. The van der Waals surface area contributed by atoms with Gasteiger partial charge in [-0.1, -0.05) is 0 Å². The molecule has 0 spiro atoms. The van der Waals surface area contributed by atoms with Gasteiger partial charge in [-0.2, -0.15) is 11.8 Å². The smallest absolute Gasteiger partial charge is 0.306 e. The van der Waals surface area contributed by atoms with Crippen molar-refractivity contribution in [3.63, 3.8) is 0 Å². The molecule has 102 valence electrons. The van der Waals surface area contributed by atoms with Crippen molar-refractivity contribution >= 4 is 23.6 Å². The summed E-state index contributed by atoms with van der Waals surface area (Å²) in [6.45, 7) is 0.965. The monoisotopic (exact) mass is 272 g/mol. The number of carbonyl (C=O) groups excluding carboxylic acids is 1. The second-order valence-electron chi connectivity index (χ2n) is 5.04. The van der Waals surface area contributed by atoms with E-state index in [4.69, 9.17) is 5.11 Å². The highest BCUT2D eigenvalue weighted by atomic mass is 32.2. The van der Waals surface area contributed by atoms with Crippen LogP contribution in [0.15, 0.2) is 0 Å². The Morgan fingerprint density at radius 2 is 2.22 bits per heavy atom. The Hall–Kier alpha value is -0.750. The lowest BCUT2D eigenvalue weighted by Gasteiger charge is -2.23. The van der Waals surface area contributed by atoms with Gasteiger partial charge in [-0.25, -0.2) is 0 Å². The lowest BCUT2D eigenvalue weighted by molar-refractivity contribution is -0.141. The fraction of sp³-hybridized carbons (Fsp3) is 0.833. The van der Waals surface area contributed by atoms with E-state index < -0.39 is 5.97 Å². The fourth-order valence-electron chi connectivity index (χ4n) is 2.60. The molecule has 2 fully saturated rings. The van der Waals surface area contributed by atoms with Crippen LogP contribution in [0.4, 0.5) is 0 Å². The number of carboxylic acids is 1. The van der Waals surface area contributed by atoms with Crippen LogP contribution in [0.2, 0.25) is 0 Å². The van der Waals surface area contributed by atoms with E-state index in [-0.39, 0.29) is 23.9 Å². The lowest BCUT2D eigenvalue weighted by Crippen LogP contribution is -2.43. The minimum Gasteiger partial charge on any atom is -0.481 e. The van der Waals surface area contributed by atoms with Gasteiger partial charge in [0.2, 0.25) is 5.91 Å². The number of aliphatic carboxylic acids is 1. The Balaban J connectivity index is 1.69. The van der Waals surface area contributed by atoms with Gasteiger partial charge in [0.1, 0.15) is 0 Å². The number of carboxylic acid groups (broad SMARTS) is 1. The maximum absolute atomic E-state index is 11.8. The summed E-state index contributed by atoms with van der Waals surface area (Å²) in [4.78, 5) is 22.7. The Labute approximate surface area is 111 Å². The van der Waals surface area contributed by atoms with Crippen molar-refractivity contribution in [3.05, 3.63) is 0 Å². The molecule has 1 amide bonds. The zero-order valence-corrected chi connectivity index (χ0v) is 11.2. The van der Waals surface area contributed by atoms with Gasteiger partial charge in [0.25, 0.3) is 0 Å². The second-order valence-corrected chi connectivity index (χ2v) is 6.19. The number of hydrogen-bond donors (Lipinski definition) is 3. The molecule has 1 aliphatic carbocycles. The maximum Gasteiger partial charge on any atom is 0.306 e. The standard InChI is InChI=1S/C12H20N2O3S/c15-11(6-10-7-18-4-3-13-10)14-9-2-1-8(5-9)12(16)17/h8-10,13H,1-7H2,(H,14,15)(H,16,17). The summed E-state index contributed by atoms with van der Waals surface area (Å²) < 4.78 is 0. The van der Waals surface area contributed by atoms with Crippen molar-refractivity contribution in [1.29, 1.82) is 0 Å². The zero-order valence-electron chi connectivity index (χ0n) is 10.4. The summed E-state index contributed by atoms with van der Waals surface area (Å²) >= 11 is 1.87. The Morgan fingerprint density at radius 3 is 2.83 bits per heavy atom. The first-order valence-corrected chi connectivity index (χ1v) is 7.64. The third-order valence-corrected chi connectivity index (χ3v) is 4.71. The van der Waals surface area contributed by atoms with Gasteiger partial charge >= 0.3 is 5.97 Å². The summed E-state index contributed by atoms with van der Waals surface area (Å²) in [5.74, 6) is 1.12. The highest BCUT2D eigenvalue weighted by Crippen LogP contribution is 2.25. The van der Waals surface area contributed by atoms with E-state index >= 15 is 0 Å². The van der Waals surface area contributed by atoms with Gasteiger partial charge < -0.3 is 15.7 Å². The molecule has 3 unspecified atom stereocenters. The first-order valence-electron chi connectivity index (χ1n) is 6.48. The first-order chi connectivity index (χ1) is 8.65. The van der Waals surface area contributed by atoms with Gasteiger partial charge in [0, 0.05) is 36.6 Å². The average Bonchev–Trinajstić information content (AvgIpc) is 2.78. The van der Waals surface area contributed by atoms with Crippen LogP contribution in [0, 0.1) is 5.92 Å². The van der Waals surface area contributed by atoms with Crippen LogP contribution < -0.4 is 10.6 Å². The van der Waals surface area contributed by atoms with E-state index in [9.17, 15) is 9.59 Å². The Bertz CT molecular complexity index is 318. The normalized spacial score (nSPS) is 32.1. The molecule has 18 heavy (non-hydrogen) atoms. The molecular weight excluding hydrogens is 252 g/mol. The van der Waals surface area contributed by atoms with Gasteiger partial charge in [0.05, 0.1) is 5.92 Å². The highest BCUT2D eigenvalue weighted by Gasteiger charge is 2.30. The lowest BCUT2D eigenvalue weighted by atomic mass is 10.1. The molecule has 0 bridgehead atoms. The molecule has 3 N–H and O–H groups in total. The molecule has 0 aromatic carbocycles. The molecule has 0 aromatic heterocycles. The molecule has 1 aliphatic heterocycles. The van der Waals surface area contributed by atoms with E-state index in [2.05, 4.69) is 10.6 Å². The van der Waals surface area contributed by atoms with Crippen molar-refractivity contribution in [2.24, 2.45) is 5.92 Å². The molecule has 2 aliphatic rings. The predicted octanol–water partition coefficient (Wildman–Crippen LogP) is 0.451. The van der Waals surface area contributed by atoms with Crippen molar-refractivity contribution in [2.75, 3.05) is 18.1 Å². The molecular formula is C12H20N2O3S. The largest absolute Gasteiger partial charge is 0.481 e. The molecule has 3 atom stereocenters.